The van der Waals surface area contributed by atoms with Crippen molar-refractivity contribution >= 4 is 34.1 Å². The Morgan fingerprint density at radius 3 is 2.33 bits per heavy atom. The summed E-state index contributed by atoms with van der Waals surface area (Å²) in [6.45, 7) is 12.0. The smallest absolute Gasteiger partial charge is 0.321 e. The number of amides is 3. The molecule has 1 unspecified atom stereocenters. The summed E-state index contributed by atoms with van der Waals surface area (Å²) in [5.41, 5.74) is 4.63. The molecule has 3 amide bonds. The molecule has 0 spiro atoms. The van der Waals surface area contributed by atoms with Crippen LogP contribution in [0, 0.1) is 27.7 Å². The van der Waals surface area contributed by atoms with E-state index in [-0.39, 0.29) is 18.0 Å². The molecule has 2 aromatic rings. The summed E-state index contributed by atoms with van der Waals surface area (Å²) in [5, 5.41) is 9.12. The van der Waals surface area contributed by atoms with Gasteiger partial charge in [-0.3, -0.25) is 10.1 Å². The summed E-state index contributed by atoms with van der Waals surface area (Å²) in [6, 6.07) is 3.90. The molecule has 0 bridgehead atoms. The van der Waals surface area contributed by atoms with E-state index in [0.717, 1.165) is 35.2 Å². The summed E-state index contributed by atoms with van der Waals surface area (Å²) in [6.07, 6.45) is 5.67. The number of hydrogen-bond donors (Lipinski definition) is 3. The fourth-order valence-corrected chi connectivity index (χ4v) is 4.37. The SMILES string of the molecule is CCCCCCC(C)NC(=O)Nc1nc(C)c(C(=O)Nc2c(C)cc(C)cc2C)s1. The Bertz CT molecular complexity index is 868. The zero-order chi connectivity index (χ0) is 22.3. The van der Waals surface area contributed by atoms with Gasteiger partial charge in [0.2, 0.25) is 0 Å². The third-order valence-corrected chi connectivity index (χ3v) is 6.08. The van der Waals surface area contributed by atoms with Gasteiger partial charge in [0, 0.05) is 11.7 Å². The van der Waals surface area contributed by atoms with Gasteiger partial charge in [-0.2, -0.15) is 0 Å². The molecule has 1 atom stereocenters. The number of nitrogens with one attached hydrogen (secondary N) is 3. The van der Waals surface area contributed by atoms with Crippen molar-refractivity contribution in [3.05, 3.63) is 39.4 Å². The average molecular weight is 431 g/mol. The first-order valence-corrected chi connectivity index (χ1v) is 11.5. The second-order valence-electron chi connectivity index (χ2n) is 8.01. The van der Waals surface area contributed by atoms with Gasteiger partial charge in [-0.05, 0) is 52.2 Å². The quantitative estimate of drug-likeness (QED) is 0.420. The lowest BCUT2D eigenvalue weighted by Gasteiger charge is -2.13. The van der Waals surface area contributed by atoms with E-state index >= 15 is 0 Å². The Balaban J connectivity index is 1.96. The topological polar surface area (TPSA) is 83.1 Å². The number of urea groups is 1. The highest BCUT2D eigenvalue weighted by molar-refractivity contribution is 7.17. The second kappa shape index (κ2) is 11.1. The van der Waals surface area contributed by atoms with Gasteiger partial charge in [-0.1, -0.05) is 61.6 Å². The minimum atomic E-state index is -0.288. The van der Waals surface area contributed by atoms with E-state index in [1.807, 2.05) is 39.8 Å². The molecule has 0 fully saturated rings. The predicted molar refractivity (Wildman–Crippen MR) is 126 cm³/mol. The normalized spacial score (nSPS) is 11.8. The molecule has 0 saturated carbocycles. The molecule has 30 heavy (non-hydrogen) atoms. The van der Waals surface area contributed by atoms with Gasteiger partial charge in [0.05, 0.1) is 5.69 Å². The maximum absolute atomic E-state index is 12.8. The van der Waals surface area contributed by atoms with Crippen LogP contribution in [0.5, 0.6) is 0 Å². The number of hydrogen-bond acceptors (Lipinski definition) is 4. The molecule has 0 saturated heterocycles. The second-order valence-corrected chi connectivity index (χ2v) is 9.01. The molecular formula is C23H34N4O2S. The molecule has 2 rings (SSSR count). The van der Waals surface area contributed by atoms with E-state index in [9.17, 15) is 9.59 Å². The molecule has 0 aliphatic heterocycles. The fourth-order valence-electron chi connectivity index (χ4n) is 3.51. The molecule has 0 aliphatic carbocycles. The van der Waals surface area contributed by atoms with Crippen LogP contribution in [0.3, 0.4) is 0 Å². The van der Waals surface area contributed by atoms with E-state index in [2.05, 4.69) is 27.9 Å². The lowest BCUT2D eigenvalue weighted by molar-refractivity contribution is 0.102. The third kappa shape index (κ3) is 6.83. The Morgan fingerprint density at radius 2 is 1.70 bits per heavy atom. The van der Waals surface area contributed by atoms with Crippen LogP contribution in [-0.2, 0) is 0 Å². The van der Waals surface area contributed by atoms with Crippen molar-refractivity contribution in [1.29, 1.82) is 0 Å². The van der Waals surface area contributed by atoms with Gasteiger partial charge in [0.25, 0.3) is 5.91 Å². The summed E-state index contributed by atoms with van der Waals surface area (Å²) in [5.74, 6) is -0.210. The van der Waals surface area contributed by atoms with Crippen molar-refractivity contribution in [2.24, 2.45) is 0 Å². The summed E-state index contributed by atoms with van der Waals surface area (Å²) >= 11 is 1.19. The number of unbranched alkanes of at least 4 members (excludes halogenated alkanes) is 3. The highest BCUT2D eigenvalue weighted by Gasteiger charge is 2.18. The minimum Gasteiger partial charge on any atom is -0.335 e. The van der Waals surface area contributed by atoms with Gasteiger partial charge in [0.15, 0.2) is 5.13 Å². The zero-order valence-electron chi connectivity index (χ0n) is 18.9. The molecule has 0 aliphatic rings. The summed E-state index contributed by atoms with van der Waals surface area (Å²) < 4.78 is 0. The highest BCUT2D eigenvalue weighted by Crippen LogP contribution is 2.26. The molecule has 1 aromatic heterocycles. The van der Waals surface area contributed by atoms with Gasteiger partial charge in [-0.25, -0.2) is 9.78 Å². The maximum atomic E-state index is 12.8. The van der Waals surface area contributed by atoms with Crippen LogP contribution in [-0.4, -0.2) is 23.0 Å². The van der Waals surface area contributed by atoms with Crippen molar-refractivity contribution in [2.75, 3.05) is 10.6 Å². The average Bonchev–Trinajstić information content (AvgIpc) is 3.01. The third-order valence-electron chi connectivity index (χ3n) is 5.01. The van der Waals surface area contributed by atoms with E-state index in [4.69, 9.17) is 0 Å². The summed E-state index contributed by atoms with van der Waals surface area (Å²) in [4.78, 5) is 29.9. The Kier molecular flexibility index (Phi) is 8.84. The first-order chi connectivity index (χ1) is 14.2. The van der Waals surface area contributed by atoms with E-state index < -0.39 is 0 Å². The lowest BCUT2D eigenvalue weighted by atomic mass is 10.1. The van der Waals surface area contributed by atoms with Crippen LogP contribution in [0.4, 0.5) is 15.6 Å². The van der Waals surface area contributed by atoms with Crippen LogP contribution >= 0.6 is 11.3 Å². The number of thiazole rings is 1. The van der Waals surface area contributed by atoms with E-state index in [1.165, 1.54) is 30.6 Å². The van der Waals surface area contributed by atoms with Crippen molar-refractivity contribution in [2.45, 2.75) is 79.7 Å². The van der Waals surface area contributed by atoms with Crippen molar-refractivity contribution in [3.63, 3.8) is 0 Å². The number of nitrogens with zero attached hydrogens (tertiary/aromatic N) is 1. The maximum Gasteiger partial charge on any atom is 0.321 e. The molecule has 1 heterocycles. The van der Waals surface area contributed by atoms with Gasteiger partial charge < -0.3 is 10.6 Å². The molecule has 164 valence electrons. The predicted octanol–water partition coefficient (Wildman–Crippen LogP) is 6.11. The Hall–Kier alpha value is -2.41. The first kappa shape index (κ1) is 23.9. The zero-order valence-corrected chi connectivity index (χ0v) is 19.8. The Morgan fingerprint density at radius 1 is 1.03 bits per heavy atom. The van der Waals surface area contributed by atoms with Crippen LogP contribution < -0.4 is 16.0 Å². The highest BCUT2D eigenvalue weighted by atomic mass is 32.1. The molecule has 6 nitrogen and oxygen atoms in total. The minimum absolute atomic E-state index is 0.0955. The number of aryl methyl sites for hydroxylation is 4. The number of benzene rings is 1. The molecular weight excluding hydrogens is 396 g/mol. The number of rotatable bonds is 9. The van der Waals surface area contributed by atoms with E-state index in [1.54, 1.807) is 6.92 Å². The van der Waals surface area contributed by atoms with Crippen LogP contribution in [0.2, 0.25) is 0 Å². The number of anilines is 2. The molecule has 7 heteroatoms. The molecule has 1 aromatic carbocycles. The van der Waals surface area contributed by atoms with Gasteiger partial charge in [0.1, 0.15) is 4.88 Å². The first-order valence-electron chi connectivity index (χ1n) is 10.6. The van der Waals surface area contributed by atoms with Crippen molar-refractivity contribution < 1.29 is 9.59 Å². The van der Waals surface area contributed by atoms with Crippen LogP contribution in [0.25, 0.3) is 0 Å². The number of aromatic nitrogens is 1. The van der Waals surface area contributed by atoms with Crippen LogP contribution in [0.15, 0.2) is 12.1 Å². The fraction of sp³-hybridized carbons (Fsp3) is 0.522. The molecule has 3 N–H and O–H groups in total. The van der Waals surface area contributed by atoms with Crippen molar-refractivity contribution in [1.82, 2.24) is 10.3 Å². The van der Waals surface area contributed by atoms with Crippen LogP contribution in [0.1, 0.15) is 78.0 Å². The van der Waals surface area contributed by atoms with Gasteiger partial charge >= 0.3 is 6.03 Å². The largest absolute Gasteiger partial charge is 0.335 e. The van der Waals surface area contributed by atoms with Gasteiger partial charge in [-0.15, -0.1) is 0 Å². The Labute approximate surface area is 183 Å². The van der Waals surface area contributed by atoms with E-state index in [0.29, 0.717) is 15.7 Å². The monoisotopic (exact) mass is 430 g/mol. The lowest BCUT2D eigenvalue weighted by Crippen LogP contribution is -2.36. The molecule has 0 radical (unpaired) electrons. The standard InChI is InChI=1S/C23H34N4O2S/c1-7-8-9-10-11-17(5)24-22(29)27-23-25-18(6)20(30-23)21(28)26-19-15(3)12-14(2)13-16(19)4/h12-13,17H,7-11H2,1-6H3,(H,26,28)(H2,24,25,27,29). The summed E-state index contributed by atoms with van der Waals surface area (Å²) in [7, 11) is 0. The van der Waals surface area contributed by atoms with Crippen molar-refractivity contribution in [3.8, 4) is 0 Å². The number of carbonyl (C=O) groups excluding carboxylic acids is 2. The number of carbonyl (C=O) groups is 2.